The lowest BCUT2D eigenvalue weighted by Gasteiger charge is -2.06. The predicted molar refractivity (Wildman–Crippen MR) is 105 cm³/mol. The fourth-order valence-corrected chi connectivity index (χ4v) is 4.28. The van der Waals surface area contributed by atoms with Gasteiger partial charge in [0.05, 0.1) is 33.3 Å². The van der Waals surface area contributed by atoms with Crippen LogP contribution in [-0.2, 0) is 7.05 Å². The first-order valence-electron chi connectivity index (χ1n) is 8.30. The number of benzene rings is 1. The van der Waals surface area contributed by atoms with Gasteiger partial charge in [0.1, 0.15) is 11.5 Å². The fraction of sp³-hybridized carbons (Fsp3) is 0.100. The molecule has 4 aromatic heterocycles. The molecule has 0 saturated carbocycles. The molecule has 128 valence electrons. The molecule has 0 amide bonds. The Hall–Kier alpha value is -3.12. The standard InChI is InChI=1S/C20H16N4OS/c1-12-7-13-8-14(3-4-15(13)23-12)25-18-5-6-22-16-9-19(26-20(16)18)17-10-21-11-24(17)2/h3-11,23H,1-2H3. The summed E-state index contributed by atoms with van der Waals surface area (Å²) in [6.07, 6.45) is 5.46. The summed E-state index contributed by atoms with van der Waals surface area (Å²) in [5.41, 5.74) is 4.26. The van der Waals surface area contributed by atoms with Gasteiger partial charge in [0.15, 0.2) is 0 Å². The molecule has 0 fully saturated rings. The average Bonchev–Trinajstić information content (AvgIpc) is 3.31. The lowest BCUT2D eigenvalue weighted by molar-refractivity contribution is 0.489. The van der Waals surface area contributed by atoms with Crippen LogP contribution in [0.5, 0.6) is 11.5 Å². The van der Waals surface area contributed by atoms with Crippen LogP contribution < -0.4 is 4.74 Å². The van der Waals surface area contributed by atoms with Crippen LogP contribution in [0.1, 0.15) is 5.69 Å². The van der Waals surface area contributed by atoms with E-state index in [4.69, 9.17) is 4.74 Å². The normalized spacial score (nSPS) is 11.5. The minimum Gasteiger partial charge on any atom is -0.456 e. The van der Waals surface area contributed by atoms with Gasteiger partial charge < -0.3 is 14.3 Å². The molecule has 5 nitrogen and oxygen atoms in total. The summed E-state index contributed by atoms with van der Waals surface area (Å²) in [5, 5.41) is 1.15. The number of nitrogens with zero attached hydrogens (tertiary/aromatic N) is 3. The number of fused-ring (bicyclic) bond motifs is 2. The van der Waals surface area contributed by atoms with E-state index < -0.39 is 0 Å². The molecule has 0 unspecified atom stereocenters. The van der Waals surface area contributed by atoms with Gasteiger partial charge in [-0.2, -0.15) is 0 Å². The number of H-pyrrole nitrogens is 1. The van der Waals surface area contributed by atoms with Crippen LogP contribution in [-0.4, -0.2) is 19.5 Å². The van der Waals surface area contributed by atoms with Crippen molar-refractivity contribution in [1.29, 1.82) is 0 Å². The molecule has 26 heavy (non-hydrogen) atoms. The fourth-order valence-electron chi connectivity index (χ4n) is 3.16. The molecule has 0 radical (unpaired) electrons. The Morgan fingerprint density at radius 3 is 2.92 bits per heavy atom. The van der Waals surface area contributed by atoms with Gasteiger partial charge in [0.2, 0.25) is 0 Å². The minimum absolute atomic E-state index is 0.819. The quantitative estimate of drug-likeness (QED) is 0.476. The summed E-state index contributed by atoms with van der Waals surface area (Å²) in [7, 11) is 1.99. The highest BCUT2D eigenvalue weighted by Gasteiger charge is 2.13. The average molecular weight is 360 g/mol. The minimum atomic E-state index is 0.819. The molecule has 6 heteroatoms. The molecule has 5 aromatic rings. The molecule has 0 aliphatic rings. The van der Waals surface area contributed by atoms with Gasteiger partial charge in [0.25, 0.3) is 0 Å². The van der Waals surface area contributed by atoms with Crippen LogP contribution in [0.4, 0.5) is 0 Å². The van der Waals surface area contributed by atoms with Gasteiger partial charge >= 0.3 is 0 Å². The lowest BCUT2D eigenvalue weighted by Crippen LogP contribution is -1.85. The SMILES string of the molecule is Cc1cc2cc(Oc3ccnc4cc(-c5cncn5C)sc34)ccc2[nH]1. The van der Waals surface area contributed by atoms with E-state index in [0.29, 0.717) is 0 Å². The molecule has 0 aliphatic heterocycles. The largest absolute Gasteiger partial charge is 0.456 e. The van der Waals surface area contributed by atoms with Crippen LogP contribution in [0, 0.1) is 6.92 Å². The first kappa shape index (κ1) is 15.2. The smallest absolute Gasteiger partial charge is 0.148 e. The van der Waals surface area contributed by atoms with Crippen molar-refractivity contribution in [2.24, 2.45) is 7.05 Å². The number of aryl methyl sites for hydroxylation is 2. The van der Waals surface area contributed by atoms with E-state index in [1.807, 2.05) is 36.0 Å². The Bertz CT molecular complexity index is 1250. The molecule has 0 saturated heterocycles. The zero-order chi connectivity index (χ0) is 17.7. The summed E-state index contributed by atoms with van der Waals surface area (Å²) < 4.78 is 9.25. The second-order valence-corrected chi connectivity index (χ2v) is 7.38. The number of nitrogens with one attached hydrogen (secondary N) is 1. The topological polar surface area (TPSA) is 55.7 Å². The van der Waals surface area contributed by atoms with Crippen molar-refractivity contribution in [2.45, 2.75) is 6.92 Å². The molecular formula is C20H16N4OS. The maximum atomic E-state index is 6.20. The number of rotatable bonds is 3. The van der Waals surface area contributed by atoms with Crippen molar-refractivity contribution in [3.8, 4) is 22.1 Å². The third-order valence-corrected chi connectivity index (χ3v) is 5.56. The van der Waals surface area contributed by atoms with Crippen molar-refractivity contribution in [3.63, 3.8) is 0 Å². The van der Waals surface area contributed by atoms with E-state index in [0.717, 1.165) is 48.9 Å². The molecular weight excluding hydrogens is 344 g/mol. The Morgan fingerprint density at radius 1 is 1.15 bits per heavy atom. The number of pyridine rings is 1. The number of hydrogen-bond acceptors (Lipinski definition) is 4. The number of ether oxygens (including phenoxy) is 1. The maximum absolute atomic E-state index is 6.20. The summed E-state index contributed by atoms with van der Waals surface area (Å²) in [6, 6.07) is 12.2. The first-order chi connectivity index (χ1) is 12.7. The second kappa shape index (κ2) is 5.71. The molecule has 0 spiro atoms. The zero-order valence-corrected chi connectivity index (χ0v) is 15.2. The van der Waals surface area contributed by atoms with Crippen LogP contribution in [0.25, 0.3) is 31.7 Å². The van der Waals surface area contributed by atoms with Gasteiger partial charge in [0, 0.05) is 35.9 Å². The van der Waals surface area contributed by atoms with Crippen molar-refractivity contribution in [2.75, 3.05) is 0 Å². The van der Waals surface area contributed by atoms with Crippen LogP contribution in [0.2, 0.25) is 0 Å². The van der Waals surface area contributed by atoms with E-state index in [1.54, 1.807) is 23.9 Å². The van der Waals surface area contributed by atoms with Gasteiger partial charge in [-0.1, -0.05) is 0 Å². The Kier molecular flexibility index (Phi) is 3.33. The Morgan fingerprint density at radius 2 is 2.08 bits per heavy atom. The van der Waals surface area contributed by atoms with Crippen molar-refractivity contribution in [1.82, 2.24) is 19.5 Å². The first-order valence-corrected chi connectivity index (χ1v) is 9.11. The molecule has 0 bridgehead atoms. The van der Waals surface area contributed by atoms with Gasteiger partial charge in [-0.25, -0.2) is 4.98 Å². The van der Waals surface area contributed by atoms with E-state index >= 15 is 0 Å². The summed E-state index contributed by atoms with van der Waals surface area (Å²) in [4.78, 5) is 13.2. The highest BCUT2D eigenvalue weighted by Crippen LogP contribution is 2.39. The lowest BCUT2D eigenvalue weighted by atomic mass is 10.2. The maximum Gasteiger partial charge on any atom is 0.148 e. The molecule has 1 N–H and O–H groups in total. The summed E-state index contributed by atoms with van der Waals surface area (Å²) >= 11 is 1.67. The third-order valence-electron chi connectivity index (χ3n) is 4.40. The molecule has 1 aromatic carbocycles. The van der Waals surface area contributed by atoms with Crippen molar-refractivity contribution < 1.29 is 4.74 Å². The summed E-state index contributed by atoms with van der Waals surface area (Å²) in [5.74, 6) is 1.64. The van der Waals surface area contributed by atoms with E-state index in [-0.39, 0.29) is 0 Å². The number of imidazole rings is 1. The number of aromatic amines is 1. The Balaban J connectivity index is 1.57. The predicted octanol–water partition coefficient (Wildman–Crippen LogP) is 5.28. The highest BCUT2D eigenvalue weighted by molar-refractivity contribution is 7.22. The van der Waals surface area contributed by atoms with Crippen molar-refractivity contribution in [3.05, 3.63) is 60.8 Å². The van der Waals surface area contributed by atoms with Gasteiger partial charge in [-0.15, -0.1) is 11.3 Å². The number of thiophene rings is 1. The van der Waals surface area contributed by atoms with Crippen LogP contribution in [0.15, 0.2) is 55.1 Å². The van der Waals surface area contributed by atoms with E-state index in [9.17, 15) is 0 Å². The van der Waals surface area contributed by atoms with Crippen LogP contribution >= 0.6 is 11.3 Å². The van der Waals surface area contributed by atoms with Crippen LogP contribution in [0.3, 0.4) is 0 Å². The molecule has 4 heterocycles. The summed E-state index contributed by atoms with van der Waals surface area (Å²) in [6.45, 7) is 2.05. The Labute approximate surface area is 153 Å². The molecule has 0 aliphatic carbocycles. The third kappa shape index (κ3) is 2.46. The molecule has 5 rings (SSSR count). The monoisotopic (exact) mass is 360 g/mol. The van der Waals surface area contributed by atoms with Crippen molar-refractivity contribution >= 4 is 32.5 Å². The van der Waals surface area contributed by atoms with E-state index in [1.165, 1.54) is 0 Å². The molecule has 0 atom stereocenters. The van der Waals surface area contributed by atoms with E-state index in [2.05, 4.69) is 40.1 Å². The number of hydrogen-bond donors (Lipinski definition) is 1. The highest BCUT2D eigenvalue weighted by atomic mass is 32.1. The van der Waals surface area contributed by atoms with Gasteiger partial charge in [-0.05, 0) is 37.3 Å². The second-order valence-electron chi connectivity index (χ2n) is 6.33. The zero-order valence-electron chi connectivity index (χ0n) is 14.4. The number of aromatic nitrogens is 4. The van der Waals surface area contributed by atoms with Gasteiger partial charge in [-0.3, -0.25) is 4.98 Å².